The van der Waals surface area contributed by atoms with E-state index in [4.69, 9.17) is 9.84 Å². The van der Waals surface area contributed by atoms with Crippen LogP contribution in [0.3, 0.4) is 0 Å². The van der Waals surface area contributed by atoms with E-state index in [9.17, 15) is 22.8 Å². The van der Waals surface area contributed by atoms with Crippen LogP contribution in [0.1, 0.15) is 24.8 Å². The minimum Gasteiger partial charge on any atom is -0.497 e. The summed E-state index contributed by atoms with van der Waals surface area (Å²) < 4.78 is 41.9. The molecule has 0 saturated carbocycles. The number of hydrogen-bond donors (Lipinski definition) is 2. The summed E-state index contributed by atoms with van der Waals surface area (Å²) >= 11 is 0. The maximum absolute atomic E-state index is 12.3. The van der Waals surface area contributed by atoms with Gasteiger partial charge in [-0.15, -0.1) is 0 Å². The molecule has 1 amide bonds. The molecule has 1 rings (SSSR count). The van der Waals surface area contributed by atoms with Crippen molar-refractivity contribution in [3.63, 3.8) is 0 Å². The molecule has 22 heavy (non-hydrogen) atoms. The Kier molecular flexibility index (Phi) is 5.78. The SMILES string of the molecule is COc1cccc(C(C)C(=O)NC(CC(F)(F)F)C(=O)O)c1. The standard InChI is InChI=1S/C14H16F3NO4/c1-8(9-4-3-5-10(6-9)22-2)12(19)18-11(13(20)21)7-14(15,16)17/h3-6,8,11H,7H2,1-2H3,(H,18,19)(H,20,21). The van der Waals surface area contributed by atoms with E-state index in [1.54, 1.807) is 24.3 Å². The molecular formula is C14H16F3NO4. The molecule has 8 heteroatoms. The first-order chi connectivity index (χ1) is 10.1. The van der Waals surface area contributed by atoms with Gasteiger partial charge in [-0.2, -0.15) is 13.2 Å². The normalized spacial score (nSPS) is 14.0. The summed E-state index contributed by atoms with van der Waals surface area (Å²) in [5, 5.41) is 10.7. The highest BCUT2D eigenvalue weighted by atomic mass is 19.4. The van der Waals surface area contributed by atoms with Gasteiger partial charge >= 0.3 is 12.1 Å². The van der Waals surface area contributed by atoms with Gasteiger partial charge < -0.3 is 15.2 Å². The molecule has 2 unspecified atom stereocenters. The van der Waals surface area contributed by atoms with Crippen molar-refractivity contribution in [1.29, 1.82) is 0 Å². The molecule has 2 N–H and O–H groups in total. The highest BCUT2D eigenvalue weighted by Crippen LogP contribution is 2.24. The average Bonchev–Trinajstić information content (AvgIpc) is 2.44. The van der Waals surface area contributed by atoms with E-state index in [1.807, 2.05) is 5.32 Å². The summed E-state index contributed by atoms with van der Waals surface area (Å²) in [4.78, 5) is 22.8. The number of aliphatic carboxylic acids is 1. The summed E-state index contributed by atoms with van der Waals surface area (Å²) in [6.45, 7) is 1.47. The number of halogens is 3. The third kappa shape index (κ3) is 5.27. The maximum Gasteiger partial charge on any atom is 0.391 e. The largest absolute Gasteiger partial charge is 0.497 e. The Hall–Kier alpha value is -2.25. The van der Waals surface area contributed by atoms with Gasteiger partial charge in [-0.25, -0.2) is 4.79 Å². The average molecular weight is 319 g/mol. The first-order valence-electron chi connectivity index (χ1n) is 6.38. The number of carbonyl (C=O) groups is 2. The van der Waals surface area contributed by atoms with Crippen molar-refractivity contribution in [2.24, 2.45) is 0 Å². The Morgan fingerprint density at radius 1 is 1.36 bits per heavy atom. The van der Waals surface area contributed by atoms with Crippen LogP contribution in [-0.4, -0.2) is 36.3 Å². The zero-order valence-corrected chi connectivity index (χ0v) is 12.0. The van der Waals surface area contributed by atoms with E-state index in [1.165, 1.54) is 14.0 Å². The van der Waals surface area contributed by atoms with Gasteiger partial charge in [-0.3, -0.25) is 4.79 Å². The van der Waals surface area contributed by atoms with Crippen LogP contribution in [0, 0.1) is 0 Å². The molecule has 0 bridgehead atoms. The van der Waals surface area contributed by atoms with Crippen LogP contribution in [0.2, 0.25) is 0 Å². The minimum atomic E-state index is -4.68. The fourth-order valence-corrected chi connectivity index (χ4v) is 1.79. The first kappa shape index (κ1) is 17.8. The molecule has 0 aliphatic heterocycles. The third-order valence-electron chi connectivity index (χ3n) is 3.04. The molecule has 0 aliphatic rings. The molecule has 1 aromatic carbocycles. The fraction of sp³-hybridized carbons (Fsp3) is 0.429. The van der Waals surface area contributed by atoms with E-state index in [2.05, 4.69) is 0 Å². The number of ether oxygens (including phenoxy) is 1. The Bertz CT molecular complexity index is 545. The van der Waals surface area contributed by atoms with E-state index in [0.29, 0.717) is 11.3 Å². The van der Waals surface area contributed by atoms with Gasteiger partial charge in [-0.1, -0.05) is 12.1 Å². The van der Waals surface area contributed by atoms with Crippen LogP contribution >= 0.6 is 0 Å². The summed E-state index contributed by atoms with van der Waals surface area (Å²) in [6, 6.07) is 4.43. The molecule has 1 aromatic rings. The third-order valence-corrected chi connectivity index (χ3v) is 3.04. The lowest BCUT2D eigenvalue weighted by Crippen LogP contribution is -2.45. The number of alkyl halides is 3. The molecule has 0 radical (unpaired) electrons. The molecule has 0 aliphatic carbocycles. The van der Waals surface area contributed by atoms with Gasteiger partial charge in [0.05, 0.1) is 19.4 Å². The van der Waals surface area contributed by atoms with Crippen molar-refractivity contribution in [3.8, 4) is 5.75 Å². The summed E-state index contributed by atoms with van der Waals surface area (Å²) in [5.74, 6) is -2.86. The molecule has 0 aromatic heterocycles. The fourth-order valence-electron chi connectivity index (χ4n) is 1.79. The Morgan fingerprint density at radius 3 is 2.50 bits per heavy atom. The molecule has 0 saturated heterocycles. The minimum absolute atomic E-state index is 0.488. The van der Waals surface area contributed by atoms with Crippen LogP contribution in [0.5, 0.6) is 5.75 Å². The van der Waals surface area contributed by atoms with Gasteiger partial charge in [0.1, 0.15) is 11.8 Å². The second-order valence-corrected chi connectivity index (χ2v) is 4.72. The van der Waals surface area contributed by atoms with Crippen molar-refractivity contribution in [1.82, 2.24) is 5.32 Å². The first-order valence-corrected chi connectivity index (χ1v) is 6.38. The van der Waals surface area contributed by atoms with Gasteiger partial charge in [0, 0.05) is 0 Å². The van der Waals surface area contributed by atoms with Gasteiger partial charge in [-0.05, 0) is 24.6 Å². The lowest BCUT2D eigenvalue weighted by Gasteiger charge is -2.19. The predicted molar refractivity (Wildman–Crippen MR) is 71.6 cm³/mol. The highest BCUT2D eigenvalue weighted by Gasteiger charge is 2.36. The smallest absolute Gasteiger partial charge is 0.391 e. The topological polar surface area (TPSA) is 75.6 Å². The summed E-state index contributed by atoms with van der Waals surface area (Å²) in [6.07, 6.45) is -6.31. The van der Waals surface area contributed by atoms with Gasteiger partial charge in [0.15, 0.2) is 0 Å². The predicted octanol–water partition coefficient (Wildman–Crippen LogP) is 2.32. The molecule has 0 heterocycles. The zero-order valence-electron chi connectivity index (χ0n) is 12.0. The van der Waals surface area contributed by atoms with Crippen molar-refractivity contribution in [3.05, 3.63) is 29.8 Å². The number of nitrogens with one attached hydrogen (secondary N) is 1. The number of hydrogen-bond acceptors (Lipinski definition) is 3. The lowest BCUT2D eigenvalue weighted by molar-refractivity contribution is -0.160. The van der Waals surface area contributed by atoms with Crippen molar-refractivity contribution < 1.29 is 32.6 Å². The second kappa shape index (κ2) is 7.15. The number of carboxylic acids is 1. The number of amides is 1. The Balaban J connectivity index is 2.82. The van der Waals surface area contributed by atoms with Crippen LogP contribution in [0.25, 0.3) is 0 Å². The molecule has 0 fully saturated rings. The Morgan fingerprint density at radius 2 is 2.00 bits per heavy atom. The van der Waals surface area contributed by atoms with Crippen LogP contribution < -0.4 is 10.1 Å². The zero-order chi connectivity index (χ0) is 16.9. The van der Waals surface area contributed by atoms with E-state index >= 15 is 0 Å². The van der Waals surface area contributed by atoms with Gasteiger partial charge in [0.2, 0.25) is 5.91 Å². The van der Waals surface area contributed by atoms with Crippen LogP contribution in [-0.2, 0) is 9.59 Å². The number of benzene rings is 1. The highest BCUT2D eigenvalue weighted by molar-refractivity contribution is 5.87. The van der Waals surface area contributed by atoms with Gasteiger partial charge in [0.25, 0.3) is 0 Å². The quantitative estimate of drug-likeness (QED) is 0.844. The summed E-state index contributed by atoms with van der Waals surface area (Å²) in [5.41, 5.74) is 0.507. The molecule has 5 nitrogen and oxygen atoms in total. The molecule has 2 atom stereocenters. The second-order valence-electron chi connectivity index (χ2n) is 4.72. The van der Waals surface area contributed by atoms with E-state index < -0.39 is 36.4 Å². The lowest BCUT2D eigenvalue weighted by atomic mass is 9.99. The molecular weight excluding hydrogens is 303 g/mol. The van der Waals surface area contributed by atoms with E-state index in [0.717, 1.165) is 0 Å². The maximum atomic E-state index is 12.3. The summed E-state index contributed by atoms with van der Waals surface area (Å²) in [7, 11) is 1.44. The monoisotopic (exact) mass is 319 g/mol. The number of carboxylic acid groups (broad SMARTS) is 1. The van der Waals surface area contributed by atoms with Crippen molar-refractivity contribution in [2.75, 3.05) is 7.11 Å². The van der Waals surface area contributed by atoms with Crippen LogP contribution in [0.4, 0.5) is 13.2 Å². The Labute approximate surface area is 125 Å². The molecule has 122 valence electrons. The van der Waals surface area contributed by atoms with E-state index in [-0.39, 0.29) is 0 Å². The molecule has 0 spiro atoms. The number of rotatable bonds is 6. The number of carbonyl (C=O) groups excluding carboxylic acids is 1. The van der Waals surface area contributed by atoms with Crippen molar-refractivity contribution >= 4 is 11.9 Å². The van der Waals surface area contributed by atoms with Crippen LogP contribution in [0.15, 0.2) is 24.3 Å². The van der Waals surface area contributed by atoms with Crippen molar-refractivity contribution in [2.45, 2.75) is 31.5 Å². The number of methoxy groups -OCH3 is 1.